The van der Waals surface area contributed by atoms with Crippen molar-refractivity contribution in [2.45, 2.75) is 12.6 Å². The number of benzene rings is 2. The van der Waals surface area contributed by atoms with Crippen molar-refractivity contribution < 1.29 is 37.1 Å². The van der Waals surface area contributed by atoms with Gasteiger partial charge in [0.2, 0.25) is 5.91 Å². The van der Waals surface area contributed by atoms with Gasteiger partial charge in [-0.3, -0.25) is 9.59 Å². The number of carboxylic acid groups (broad SMARTS) is 1. The van der Waals surface area contributed by atoms with E-state index in [9.17, 15) is 27.2 Å². The standard InChI is InChI=1S/C21H24FN3O2.C2HF3O2/c22-19-8-4-7-18(15-19)21(27)25(12-9-17-5-2-1-3-6-17)16-20(26)24-13-10-23-11-14-24;3-2(4,5)1(6)7/h1-8,15,23H,9-14,16H2;(H,6,7). The van der Waals surface area contributed by atoms with Crippen molar-refractivity contribution in [2.24, 2.45) is 0 Å². The Hall–Kier alpha value is -3.47. The minimum absolute atomic E-state index is 0.00216. The van der Waals surface area contributed by atoms with E-state index in [1.54, 1.807) is 11.0 Å². The number of halogens is 4. The van der Waals surface area contributed by atoms with Gasteiger partial charge in [-0.15, -0.1) is 0 Å². The molecule has 2 aromatic carbocycles. The van der Waals surface area contributed by atoms with E-state index >= 15 is 0 Å². The number of alkyl halides is 3. The summed E-state index contributed by atoms with van der Waals surface area (Å²) in [5.74, 6) is -3.62. The summed E-state index contributed by atoms with van der Waals surface area (Å²) in [4.78, 5) is 37.8. The largest absolute Gasteiger partial charge is 0.490 e. The molecule has 1 aliphatic heterocycles. The van der Waals surface area contributed by atoms with Gasteiger partial charge in [-0.05, 0) is 30.2 Å². The van der Waals surface area contributed by atoms with E-state index in [4.69, 9.17) is 9.90 Å². The molecule has 0 bridgehead atoms. The molecule has 2 amide bonds. The van der Waals surface area contributed by atoms with Gasteiger partial charge in [0.05, 0.1) is 0 Å². The summed E-state index contributed by atoms with van der Waals surface area (Å²) >= 11 is 0. The van der Waals surface area contributed by atoms with Crippen LogP contribution in [0.1, 0.15) is 15.9 Å². The van der Waals surface area contributed by atoms with Crippen LogP contribution < -0.4 is 5.32 Å². The molecule has 1 saturated heterocycles. The molecule has 0 saturated carbocycles. The van der Waals surface area contributed by atoms with Crippen molar-refractivity contribution in [1.29, 1.82) is 0 Å². The molecule has 7 nitrogen and oxygen atoms in total. The maximum Gasteiger partial charge on any atom is 0.490 e. The number of nitrogens with zero attached hydrogens (tertiary/aromatic N) is 2. The Morgan fingerprint density at radius 3 is 2.18 bits per heavy atom. The quantitative estimate of drug-likeness (QED) is 0.617. The van der Waals surface area contributed by atoms with Crippen LogP contribution in [-0.2, 0) is 16.0 Å². The molecule has 0 spiro atoms. The lowest BCUT2D eigenvalue weighted by Gasteiger charge is -2.30. The summed E-state index contributed by atoms with van der Waals surface area (Å²) < 4.78 is 45.3. The van der Waals surface area contributed by atoms with Gasteiger partial charge in [-0.1, -0.05) is 36.4 Å². The average Bonchev–Trinajstić information content (AvgIpc) is 2.82. The van der Waals surface area contributed by atoms with Crippen molar-refractivity contribution in [3.8, 4) is 0 Å². The van der Waals surface area contributed by atoms with Crippen LogP contribution in [0.3, 0.4) is 0 Å². The number of rotatable bonds is 6. The summed E-state index contributed by atoms with van der Waals surface area (Å²) in [6, 6.07) is 15.4. The lowest BCUT2D eigenvalue weighted by atomic mass is 10.1. The molecule has 34 heavy (non-hydrogen) atoms. The Kier molecular flexibility index (Phi) is 9.99. The zero-order valence-corrected chi connectivity index (χ0v) is 18.2. The second-order valence-electron chi connectivity index (χ2n) is 7.41. The third kappa shape index (κ3) is 8.81. The maximum absolute atomic E-state index is 13.5. The number of piperazine rings is 1. The van der Waals surface area contributed by atoms with E-state index in [1.807, 2.05) is 30.3 Å². The predicted octanol–water partition coefficient (Wildman–Crippen LogP) is 2.58. The Balaban J connectivity index is 0.000000509. The third-order valence-electron chi connectivity index (χ3n) is 4.91. The molecule has 2 aromatic rings. The monoisotopic (exact) mass is 483 g/mol. The van der Waals surface area contributed by atoms with Crippen LogP contribution in [0.25, 0.3) is 0 Å². The van der Waals surface area contributed by atoms with Crippen molar-refractivity contribution in [3.05, 3.63) is 71.5 Å². The van der Waals surface area contributed by atoms with Gasteiger partial charge in [0.1, 0.15) is 12.4 Å². The fraction of sp³-hybridized carbons (Fsp3) is 0.348. The minimum Gasteiger partial charge on any atom is -0.475 e. The summed E-state index contributed by atoms with van der Waals surface area (Å²) in [6.45, 7) is 3.19. The van der Waals surface area contributed by atoms with E-state index in [2.05, 4.69) is 5.32 Å². The van der Waals surface area contributed by atoms with E-state index in [0.29, 0.717) is 26.1 Å². The van der Waals surface area contributed by atoms with Crippen LogP contribution in [0.15, 0.2) is 54.6 Å². The van der Waals surface area contributed by atoms with E-state index in [0.717, 1.165) is 18.7 Å². The predicted molar refractivity (Wildman–Crippen MR) is 116 cm³/mol. The van der Waals surface area contributed by atoms with E-state index in [-0.39, 0.29) is 23.9 Å². The maximum atomic E-state index is 13.5. The van der Waals surface area contributed by atoms with Gasteiger partial charge < -0.3 is 20.2 Å². The molecule has 0 atom stereocenters. The molecule has 1 aliphatic rings. The first-order valence-electron chi connectivity index (χ1n) is 10.5. The second-order valence-corrected chi connectivity index (χ2v) is 7.41. The number of carbonyl (C=O) groups excluding carboxylic acids is 2. The van der Waals surface area contributed by atoms with Crippen molar-refractivity contribution in [2.75, 3.05) is 39.3 Å². The normalized spacial score (nSPS) is 13.5. The zero-order valence-electron chi connectivity index (χ0n) is 18.2. The topological polar surface area (TPSA) is 90.0 Å². The Bertz CT molecular complexity index is 964. The highest BCUT2D eigenvalue weighted by Crippen LogP contribution is 2.13. The average molecular weight is 483 g/mol. The molecular formula is C23H25F4N3O4. The fourth-order valence-electron chi connectivity index (χ4n) is 3.14. The minimum atomic E-state index is -5.08. The Morgan fingerprint density at radius 2 is 1.62 bits per heavy atom. The summed E-state index contributed by atoms with van der Waals surface area (Å²) in [7, 11) is 0. The molecule has 2 N–H and O–H groups in total. The fourth-order valence-corrected chi connectivity index (χ4v) is 3.14. The lowest BCUT2D eigenvalue weighted by Crippen LogP contribution is -2.50. The molecule has 0 radical (unpaired) electrons. The molecule has 0 aliphatic carbocycles. The molecule has 11 heteroatoms. The SMILES string of the molecule is O=C(CN(CCc1ccccc1)C(=O)c1cccc(F)c1)N1CCNCC1.O=C(O)C(F)(F)F. The number of hydrogen-bond donors (Lipinski definition) is 2. The molecule has 3 rings (SSSR count). The Morgan fingerprint density at radius 1 is 1.00 bits per heavy atom. The lowest BCUT2D eigenvalue weighted by molar-refractivity contribution is -0.192. The zero-order chi connectivity index (χ0) is 25.1. The van der Waals surface area contributed by atoms with Crippen molar-refractivity contribution in [1.82, 2.24) is 15.1 Å². The molecule has 184 valence electrons. The van der Waals surface area contributed by atoms with Crippen LogP contribution in [0, 0.1) is 5.82 Å². The van der Waals surface area contributed by atoms with Crippen LogP contribution in [0.2, 0.25) is 0 Å². The third-order valence-corrected chi connectivity index (χ3v) is 4.91. The first-order chi connectivity index (χ1) is 16.1. The molecule has 0 aromatic heterocycles. The van der Waals surface area contributed by atoms with E-state index < -0.39 is 18.0 Å². The van der Waals surface area contributed by atoms with Gasteiger partial charge in [-0.2, -0.15) is 13.2 Å². The number of amides is 2. The van der Waals surface area contributed by atoms with Crippen LogP contribution in [0.5, 0.6) is 0 Å². The van der Waals surface area contributed by atoms with Gasteiger partial charge >= 0.3 is 12.1 Å². The number of hydrogen-bond acceptors (Lipinski definition) is 4. The number of carbonyl (C=O) groups is 3. The molecule has 0 unspecified atom stereocenters. The summed E-state index contributed by atoms with van der Waals surface area (Å²) in [5.41, 5.74) is 1.35. The van der Waals surface area contributed by atoms with E-state index in [1.165, 1.54) is 23.1 Å². The van der Waals surface area contributed by atoms with Gasteiger partial charge in [0.25, 0.3) is 5.91 Å². The Labute approximate surface area is 194 Å². The van der Waals surface area contributed by atoms with Crippen LogP contribution >= 0.6 is 0 Å². The highest BCUT2D eigenvalue weighted by molar-refractivity contribution is 5.96. The second kappa shape index (κ2) is 12.7. The highest BCUT2D eigenvalue weighted by atomic mass is 19.4. The van der Waals surface area contributed by atoms with Crippen LogP contribution in [0.4, 0.5) is 17.6 Å². The molecular weight excluding hydrogens is 458 g/mol. The highest BCUT2D eigenvalue weighted by Gasteiger charge is 2.38. The molecule has 1 fully saturated rings. The number of aliphatic carboxylic acids is 1. The van der Waals surface area contributed by atoms with Crippen LogP contribution in [-0.4, -0.2) is 78.1 Å². The van der Waals surface area contributed by atoms with Gasteiger partial charge in [0.15, 0.2) is 0 Å². The number of nitrogens with one attached hydrogen (secondary N) is 1. The smallest absolute Gasteiger partial charge is 0.475 e. The summed E-state index contributed by atoms with van der Waals surface area (Å²) in [6.07, 6.45) is -4.45. The molecule has 1 heterocycles. The first-order valence-corrected chi connectivity index (χ1v) is 10.5. The van der Waals surface area contributed by atoms with Gasteiger partial charge in [-0.25, -0.2) is 9.18 Å². The van der Waals surface area contributed by atoms with Crippen molar-refractivity contribution in [3.63, 3.8) is 0 Å². The summed E-state index contributed by atoms with van der Waals surface area (Å²) in [5, 5.41) is 10.3. The first kappa shape index (κ1) is 26.8. The number of carboxylic acids is 1. The van der Waals surface area contributed by atoms with Crippen molar-refractivity contribution >= 4 is 17.8 Å². The van der Waals surface area contributed by atoms with Gasteiger partial charge in [0, 0.05) is 38.3 Å².